The number of fused-ring (bicyclic) bond motifs is 2. The highest BCUT2D eigenvalue weighted by molar-refractivity contribution is 5.85. The molecule has 126 valence electrons. The quantitative estimate of drug-likeness (QED) is 0.727. The van der Waals surface area contributed by atoms with Gasteiger partial charge in [-0.15, -0.1) is 0 Å². The summed E-state index contributed by atoms with van der Waals surface area (Å²) in [7, 11) is 1.92. The van der Waals surface area contributed by atoms with Gasteiger partial charge < -0.3 is 4.90 Å². The zero-order valence-corrected chi connectivity index (χ0v) is 14.5. The predicted octanol–water partition coefficient (Wildman–Crippen LogP) is 4.00. The van der Waals surface area contributed by atoms with Gasteiger partial charge in [-0.3, -0.25) is 9.78 Å². The molecule has 0 radical (unpaired) electrons. The minimum Gasteiger partial charge on any atom is -0.341 e. The van der Waals surface area contributed by atoms with Crippen LogP contribution in [0, 0.1) is 5.92 Å². The fourth-order valence-electron chi connectivity index (χ4n) is 3.88. The summed E-state index contributed by atoms with van der Waals surface area (Å²) in [5.41, 5.74) is 3.90. The third kappa shape index (κ3) is 3.14. The number of hydrogen-bond donors (Lipinski definition) is 0. The standard InChI is InChI=1S/C22H22N2O/c1-24(15-20-8-4-7-19-14-23-12-11-21(19)20)22(25)18-10-9-16-5-2-3-6-17(16)13-18/h2-8,11-12,14,18H,9-10,13,15H2,1H3/t18-/m0/s1. The molecule has 1 aliphatic carbocycles. The Kier molecular flexibility index (Phi) is 4.22. The maximum absolute atomic E-state index is 13.0. The van der Waals surface area contributed by atoms with E-state index in [1.807, 2.05) is 36.5 Å². The van der Waals surface area contributed by atoms with Gasteiger partial charge in [0.15, 0.2) is 0 Å². The lowest BCUT2D eigenvalue weighted by atomic mass is 9.83. The van der Waals surface area contributed by atoms with Gasteiger partial charge >= 0.3 is 0 Å². The van der Waals surface area contributed by atoms with Gasteiger partial charge in [-0.1, -0.05) is 42.5 Å². The molecule has 3 nitrogen and oxygen atoms in total. The Bertz CT molecular complexity index is 913. The molecule has 0 fully saturated rings. The van der Waals surface area contributed by atoms with E-state index in [-0.39, 0.29) is 11.8 Å². The largest absolute Gasteiger partial charge is 0.341 e. The molecule has 1 aliphatic rings. The number of nitrogens with zero attached hydrogens (tertiary/aromatic N) is 2. The van der Waals surface area contributed by atoms with Gasteiger partial charge in [-0.2, -0.15) is 0 Å². The molecule has 2 aromatic carbocycles. The lowest BCUT2D eigenvalue weighted by Crippen LogP contribution is -2.35. The second-order valence-corrected chi connectivity index (χ2v) is 6.92. The Morgan fingerprint density at radius 3 is 2.84 bits per heavy atom. The third-order valence-corrected chi connectivity index (χ3v) is 5.25. The number of carbonyl (C=O) groups is 1. The van der Waals surface area contributed by atoms with E-state index in [1.54, 1.807) is 0 Å². The molecule has 3 aromatic rings. The van der Waals surface area contributed by atoms with Crippen LogP contribution >= 0.6 is 0 Å². The first-order valence-corrected chi connectivity index (χ1v) is 8.86. The number of aromatic nitrogens is 1. The van der Waals surface area contributed by atoms with E-state index in [2.05, 4.69) is 41.4 Å². The van der Waals surface area contributed by atoms with Gasteiger partial charge in [0.1, 0.15) is 0 Å². The van der Waals surface area contributed by atoms with Gasteiger partial charge in [0.05, 0.1) is 0 Å². The summed E-state index contributed by atoms with van der Waals surface area (Å²) in [4.78, 5) is 19.0. The predicted molar refractivity (Wildman–Crippen MR) is 100 cm³/mol. The summed E-state index contributed by atoms with van der Waals surface area (Å²) >= 11 is 0. The van der Waals surface area contributed by atoms with Crippen molar-refractivity contribution < 1.29 is 4.79 Å². The van der Waals surface area contributed by atoms with Gasteiger partial charge in [0.2, 0.25) is 5.91 Å². The van der Waals surface area contributed by atoms with Crippen molar-refractivity contribution in [2.75, 3.05) is 7.05 Å². The number of amides is 1. The molecule has 0 saturated carbocycles. The monoisotopic (exact) mass is 330 g/mol. The molecule has 0 N–H and O–H groups in total. The smallest absolute Gasteiger partial charge is 0.226 e. The molecule has 1 amide bonds. The van der Waals surface area contributed by atoms with Crippen molar-refractivity contribution in [2.45, 2.75) is 25.8 Å². The van der Waals surface area contributed by atoms with E-state index in [9.17, 15) is 4.79 Å². The van der Waals surface area contributed by atoms with Crippen LogP contribution in [-0.4, -0.2) is 22.8 Å². The molecule has 0 aliphatic heterocycles. The van der Waals surface area contributed by atoms with E-state index in [0.29, 0.717) is 6.54 Å². The number of aryl methyl sites for hydroxylation is 1. The number of hydrogen-bond acceptors (Lipinski definition) is 2. The van der Waals surface area contributed by atoms with Crippen LogP contribution in [0.5, 0.6) is 0 Å². The average molecular weight is 330 g/mol. The summed E-state index contributed by atoms with van der Waals surface area (Å²) < 4.78 is 0. The Morgan fingerprint density at radius 2 is 1.96 bits per heavy atom. The number of rotatable bonds is 3. The van der Waals surface area contributed by atoms with Crippen LogP contribution in [0.1, 0.15) is 23.1 Å². The van der Waals surface area contributed by atoms with Crippen LogP contribution in [0.4, 0.5) is 0 Å². The zero-order valence-electron chi connectivity index (χ0n) is 14.5. The third-order valence-electron chi connectivity index (χ3n) is 5.25. The van der Waals surface area contributed by atoms with Crippen LogP contribution in [0.2, 0.25) is 0 Å². The Morgan fingerprint density at radius 1 is 1.12 bits per heavy atom. The van der Waals surface area contributed by atoms with Crippen molar-refractivity contribution in [1.82, 2.24) is 9.88 Å². The highest BCUT2D eigenvalue weighted by Crippen LogP contribution is 2.27. The van der Waals surface area contributed by atoms with Crippen molar-refractivity contribution in [3.05, 3.63) is 77.6 Å². The second kappa shape index (κ2) is 6.67. The van der Waals surface area contributed by atoms with Gasteiger partial charge in [-0.05, 0) is 47.4 Å². The lowest BCUT2D eigenvalue weighted by molar-refractivity contribution is -0.135. The molecule has 4 rings (SSSR count). The summed E-state index contributed by atoms with van der Waals surface area (Å²) in [5.74, 6) is 0.345. The fourth-order valence-corrected chi connectivity index (χ4v) is 3.88. The Labute approximate surface area is 148 Å². The average Bonchev–Trinajstić information content (AvgIpc) is 2.67. The van der Waals surface area contributed by atoms with E-state index < -0.39 is 0 Å². The van der Waals surface area contributed by atoms with Crippen molar-refractivity contribution in [2.24, 2.45) is 5.92 Å². The van der Waals surface area contributed by atoms with Gasteiger partial charge in [0.25, 0.3) is 0 Å². The maximum Gasteiger partial charge on any atom is 0.226 e. The zero-order chi connectivity index (χ0) is 17.2. The summed E-state index contributed by atoms with van der Waals surface area (Å²) in [6.45, 7) is 0.637. The molecular formula is C22H22N2O. The first kappa shape index (κ1) is 15.8. The van der Waals surface area contributed by atoms with Gasteiger partial charge in [-0.25, -0.2) is 0 Å². The second-order valence-electron chi connectivity index (χ2n) is 6.92. The fraction of sp³-hybridized carbons (Fsp3) is 0.273. The highest BCUT2D eigenvalue weighted by atomic mass is 16.2. The first-order chi connectivity index (χ1) is 12.2. The molecule has 0 spiro atoms. The van der Waals surface area contributed by atoms with Crippen molar-refractivity contribution >= 4 is 16.7 Å². The van der Waals surface area contributed by atoms with E-state index in [0.717, 1.165) is 24.6 Å². The van der Waals surface area contributed by atoms with Crippen LogP contribution in [0.15, 0.2) is 60.9 Å². The molecule has 1 heterocycles. The molecule has 3 heteroatoms. The Hall–Kier alpha value is -2.68. The molecular weight excluding hydrogens is 308 g/mol. The first-order valence-electron chi connectivity index (χ1n) is 8.86. The number of pyridine rings is 1. The van der Waals surface area contributed by atoms with Crippen LogP contribution in [0.3, 0.4) is 0 Å². The van der Waals surface area contributed by atoms with Crippen LogP contribution in [0.25, 0.3) is 10.8 Å². The number of benzene rings is 2. The molecule has 1 aromatic heterocycles. The summed E-state index contributed by atoms with van der Waals surface area (Å²) in [5, 5.41) is 2.29. The molecule has 1 atom stereocenters. The van der Waals surface area contributed by atoms with Crippen molar-refractivity contribution in [1.29, 1.82) is 0 Å². The maximum atomic E-state index is 13.0. The minimum atomic E-state index is 0.0940. The molecule has 0 bridgehead atoms. The van der Waals surface area contributed by atoms with E-state index in [4.69, 9.17) is 0 Å². The summed E-state index contributed by atoms with van der Waals surface area (Å²) in [6, 6.07) is 16.7. The lowest BCUT2D eigenvalue weighted by Gasteiger charge is -2.28. The summed E-state index contributed by atoms with van der Waals surface area (Å²) in [6.07, 6.45) is 6.49. The minimum absolute atomic E-state index is 0.0940. The van der Waals surface area contributed by atoms with Crippen LogP contribution in [-0.2, 0) is 24.2 Å². The molecule has 0 unspecified atom stereocenters. The topological polar surface area (TPSA) is 33.2 Å². The van der Waals surface area contributed by atoms with E-state index >= 15 is 0 Å². The van der Waals surface area contributed by atoms with Crippen LogP contribution < -0.4 is 0 Å². The van der Waals surface area contributed by atoms with Gasteiger partial charge in [0, 0.05) is 37.3 Å². The normalized spacial score (nSPS) is 16.4. The highest BCUT2D eigenvalue weighted by Gasteiger charge is 2.26. The SMILES string of the molecule is CN(Cc1cccc2cnccc12)C(=O)[C@H]1CCc2ccccc2C1. The Balaban J connectivity index is 1.51. The number of carbonyl (C=O) groups excluding carboxylic acids is 1. The van der Waals surface area contributed by atoms with Crippen molar-refractivity contribution in [3.8, 4) is 0 Å². The van der Waals surface area contributed by atoms with Crippen molar-refractivity contribution in [3.63, 3.8) is 0 Å². The molecule has 0 saturated heterocycles. The van der Waals surface area contributed by atoms with E-state index in [1.165, 1.54) is 22.1 Å². The molecule has 25 heavy (non-hydrogen) atoms.